The Morgan fingerprint density at radius 1 is 1.24 bits per heavy atom. The first-order valence-corrected chi connectivity index (χ1v) is 7.05. The molecule has 17 heavy (non-hydrogen) atoms. The van der Waals surface area contributed by atoms with E-state index in [1.807, 2.05) is 0 Å². The van der Waals surface area contributed by atoms with Gasteiger partial charge < -0.3 is 0 Å². The van der Waals surface area contributed by atoms with Crippen LogP contribution >= 0.6 is 23.2 Å². The topological polar surface area (TPSA) is 0 Å². The maximum atomic E-state index is 13.7. The molecule has 1 aliphatic rings. The van der Waals surface area contributed by atoms with E-state index in [0.717, 1.165) is 19.3 Å². The van der Waals surface area contributed by atoms with Gasteiger partial charge in [0.15, 0.2) is 0 Å². The van der Waals surface area contributed by atoms with Gasteiger partial charge in [-0.2, -0.15) is 0 Å². The summed E-state index contributed by atoms with van der Waals surface area (Å²) in [6.45, 7) is 0. The first-order valence-electron chi connectivity index (χ1n) is 6.23. The molecule has 0 amide bonds. The molecule has 0 radical (unpaired) electrons. The Labute approximate surface area is 112 Å². The summed E-state index contributed by atoms with van der Waals surface area (Å²) in [5, 5.41) is 0.786. The van der Waals surface area contributed by atoms with Crippen molar-refractivity contribution in [3.8, 4) is 0 Å². The maximum absolute atomic E-state index is 13.7. The predicted octanol–water partition coefficient (Wildman–Crippen LogP) is 5.21. The van der Waals surface area contributed by atoms with Crippen molar-refractivity contribution in [1.29, 1.82) is 0 Å². The molecule has 0 spiro atoms. The van der Waals surface area contributed by atoms with Crippen LogP contribution in [0.15, 0.2) is 18.2 Å². The fraction of sp³-hybridized carbons (Fsp3) is 0.571. The van der Waals surface area contributed by atoms with E-state index < -0.39 is 0 Å². The summed E-state index contributed by atoms with van der Waals surface area (Å²) in [4.78, 5) is 0. The Hall–Kier alpha value is -0.270. The number of alkyl halides is 1. The van der Waals surface area contributed by atoms with Crippen molar-refractivity contribution in [3.05, 3.63) is 34.6 Å². The molecule has 0 bridgehead atoms. The van der Waals surface area contributed by atoms with Crippen LogP contribution in [0.5, 0.6) is 0 Å². The van der Waals surface area contributed by atoms with Crippen LogP contribution in [0.3, 0.4) is 0 Å². The minimum absolute atomic E-state index is 0.187. The van der Waals surface area contributed by atoms with E-state index in [-0.39, 0.29) is 11.2 Å². The Morgan fingerprint density at radius 3 is 2.76 bits per heavy atom. The second-order valence-electron chi connectivity index (χ2n) is 4.89. The van der Waals surface area contributed by atoms with Crippen LogP contribution in [-0.4, -0.2) is 5.38 Å². The highest BCUT2D eigenvalue weighted by atomic mass is 35.5. The number of rotatable bonds is 2. The molecule has 3 heteroatoms. The average molecular weight is 275 g/mol. The first kappa shape index (κ1) is 13.2. The number of hydrogen-bond donors (Lipinski definition) is 0. The van der Waals surface area contributed by atoms with Crippen molar-refractivity contribution in [2.24, 2.45) is 5.92 Å². The second-order valence-corrected chi connectivity index (χ2v) is 5.91. The van der Waals surface area contributed by atoms with Gasteiger partial charge in [-0.1, -0.05) is 36.9 Å². The lowest BCUT2D eigenvalue weighted by molar-refractivity contribution is 0.450. The molecule has 2 unspecified atom stereocenters. The molecular formula is C14H17Cl2F. The van der Waals surface area contributed by atoms with Crippen molar-refractivity contribution >= 4 is 23.2 Å². The molecule has 0 N–H and O–H groups in total. The van der Waals surface area contributed by atoms with Gasteiger partial charge >= 0.3 is 0 Å². The third-order valence-electron chi connectivity index (χ3n) is 3.52. The SMILES string of the molecule is Fc1cccc(Cl)c1CC1CCCCC(Cl)C1. The Morgan fingerprint density at radius 2 is 2.00 bits per heavy atom. The lowest BCUT2D eigenvalue weighted by Gasteiger charge is -2.17. The minimum atomic E-state index is -0.187. The fourth-order valence-corrected chi connectivity index (χ4v) is 3.24. The first-order chi connectivity index (χ1) is 8.16. The lowest BCUT2D eigenvalue weighted by Crippen LogP contribution is -2.10. The minimum Gasteiger partial charge on any atom is -0.207 e. The van der Waals surface area contributed by atoms with Gasteiger partial charge in [-0.05, 0) is 37.3 Å². The molecule has 1 saturated carbocycles. The molecule has 1 aromatic rings. The van der Waals surface area contributed by atoms with Gasteiger partial charge in [0.05, 0.1) is 0 Å². The van der Waals surface area contributed by atoms with Gasteiger partial charge in [0.1, 0.15) is 5.82 Å². The average Bonchev–Trinajstić information content (AvgIpc) is 2.48. The van der Waals surface area contributed by atoms with E-state index in [0.29, 0.717) is 22.9 Å². The van der Waals surface area contributed by atoms with Crippen LogP contribution in [0, 0.1) is 11.7 Å². The third-order valence-corrected chi connectivity index (χ3v) is 4.27. The van der Waals surface area contributed by atoms with Crippen LogP contribution in [0.4, 0.5) is 4.39 Å². The van der Waals surface area contributed by atoms with Crippen LogP contribution in [0.2, 0.25) is 5.02 Å². The summed E-state index contributed by atoms with van der Waals surface area (Å²) in [5.74, 6) is 0.280. The zero-order valence-corrected chi connectivity index (χ0v) is 11.3. The number of halogens is 3. The van der Waals surface area contributed by atoms with Crippen molar-refractivity contribution in [2.45, 2.75) is 43.9 Å². The summed E-state index contributed by atoms with van der Waals surface area (Å²) in [5.41, 5.74) is 0.657. The van der Waals surface area contributed by atoms with E-state index in [4.69, 9.17) is 23.2 Å². The van der Waals surface area contributed by atoms with Crippen LogP contribution in [-0.2, 0) is 6.42 Å². The molecule has 2 atom stereocenters. The summed E-state index contributed by atoms with van der Waals surface area (Å²) in [6, 6.07) is 4.89. The summed E-state index contributed by atoms with van der Waals surface area (Å²) < 4.78 is 13.7. The van der Waals surface area contributed by atoms with Gasteiger partial charge in [-0.3, -0.25) is 0 Å². The molecular weight excluding hydrogens is 258 g/mol. The zero-order valence-electron chi connectivity index (χ0n) is 9.76. The van der Waals surface area contributed by atoms with E-state index in [1.165, 1.54) is 18.9 Å². The molecule has 0 heterocycles. The van der Waals surface area contributed by atoms with E-state index in [1.54, 1.807) is 12.1 Å². The summed E-state index contributed by atoms with van der Waals surface area (Å²) in [6.07, 6.45) is 6.30. The van der Waals surface area contributed by atoms with Gasteiger partial charge in [0.25, 0.3) is 0 Å². The van der Waals surface area contributed by atoms with Crippen LogP contribution in [0.1, 0.15) is 37.7 Å². The van der Waals surface area contributed by atoms with Crippen LogP contribution in [0.25, 0.3) is 0 Å². The fourth-order valence-electron chi connectivity index (χ4n) is 2.60. The highest BCUT2D eigenvalue weighted by Gasteiger charge is 2.21. The normalized spacial score (nSPS) is 25.6. The monoisotopic (exact) mass is 274 g/mol. The highest BCUT2D eigenvalue weighted by molar-refractivity contribution is 6.31. The summed E-state index contributed by atoms with van der Waals surface area (Å²) >= 11 is 12.3. The molecule has 2 rings (SSSR count). The molecule has 0 aromatic heterocycles. The molecule has 1 fully saturated rings. The quantitative estimate of drug-likeness (QED) is 0.513. The van der Waals surface area contributed by atoms with E-state index >= 15 is 0 Å². The second kappa shape index (κ2) is 6.06. The molecule has 0 aliphatic heterocycles. The Balaban J connectivity index is 2.09. The van der Waals surface area contributed by atoms with E-state index in [2.05, 4.69) is 0 Å². The van der Waals surface area contributed by atoms with E-state index in [9.17, 15) is 4.39 Å². The van der Waals surface area contributed by atoms with Gasteiger partial charge in [0.2, 0.25) is 0 Å². The lowest BCUT2D eigenvalue weighted by atomic mass is 9.92. The zero-order chi connectivity index (χ0) is 12.3. The largest absolute Gasteiger partial charge is 0.207 e. The molecule has 0 saturated heterocycles. The Kier molecular flexibility index (Phi) is 4.69. The standard InChI is InChI=1S/C14H17Cl2F/c15-11-5-2-1-4-10(8-11)9-12-13(16)6-3-7-14(12)17/h3,6-7,10-11H,1-2,4-5,8-9H2. The van der Waals surface area contributed by atoms with Gasteiger partial charge in [-0.15, -0.1) is 11.6 Å². The molecule has 1 aliphatic carbocycles. The smallest absolute Gasteiger partial charge is 0.127 e. The van der Waals surface area contributed by atoms with Crippen molar-refractivity contribution < 1.29 is 4.39 Å². The third kappa shape index (κ3) is 3.59. The van der Waals surface area contributed by atoms with Crippen LogP contribution < -0.4 is 0 Å². The van der Waals surface area contributed by atoms with Crippen molar-refractivity contribution in [3.63, 3.8) is 0 Å². The van der Waals surface area contributed by atoms with Gasteiger partial charge in [-0.25, -0.2) is 4.39 Å². The number of hydrogen-bond acceptors (Lipinski definition) is 0. The maximum Gasteiger partial charge on any atom is 0.127 e. The highest BCUT2D eigenvalue weighted by Crippen LogP contribution is 2.31. The molecule has 94 valence electrons. The summed E-state index contributed by atoms with van der Waals surface area (Å²) in [7, 11) is 0. The Bertz CT molecular complexity index is 358. The van der Waals surface area contributed by atoms with Crippen molar-refractivity contribution in [1.82, 2.24) is 0 Å². The number of benzene rings is 1. The molecule has 1 aromatic carbocycles. The molecule has 0 nitrogen and oxygen atoms in total. The predicted molar refractivity (Wildman–Crippen MR) is 71.3 cm³/mol. The van der Waals surface area contributed by atoms with Crippen molar-refractivity contribution in [2.75, 3.05) is 0 Å². The van der Waals surface area contributed by atoms with Gasteiger partial charge in [0, 0.05) is 16.0 Å².